The molecule has 2 aliphatic carbocycles. The maximum absolute atomic E-state index is 10.5. The molecule has 0 aromatic heterocycles. The van der Waals surface area contributed by atoms with E-state index < -0.39 is 0 Å². The summed E-state index contributed by atoms with van der Waals surface area (Å²) in [6, 6.07) is -0.0481. The highest BCUT2D eigenvalue weighted by molar-refractivity contribution is 5.08. The van der Waals surface area contributed by atoms with Crippen LogP contribution in [-0.2, 0) is 5.11 Å². The van der Waals surface area contributed by atoms with E-state index in [0.717, 1.165) is 0 Å². The van der Waals surface area contributed by atoms with E-state index in [4.69, 9.17) is 5.73 Å². The van der Waals surface area contributed by atoms with Crippen molar-refractivity contribution in [1.82, 2.24) is 0 Å². The maximum atomic E-state index is 10.5. The van der Waals surface area contributed by atoms with Crippen molar-refractivity contribution in [2.45, 2.75) is 38.1 Å². The van der Waals surface area contributed by atoms with Gasteiger partial charge in [-0.25, -0.2) is 5.11 Å². The first kappa shape index (κ1) is 7.56. The van der Waals surface area contributed by atoms with E-state index in [1.54, 1.807) is 0 Å². The van der Waals surface area contributed by atoms with Crippen LogP contribution in [0.3, 0.4) is 0 Å². The monoisotopic (exact) mass is 154 g/mol. The number of hydrogen-bond acceptors (Lipinski definition) is 1. The van der Waals surface area contributed by atoms with Crippen LogP contribution in [0.25, 0.3) is 0 Å². The summed E-state index contributed by atoms with van der Waals surface area (Å²) in [6.45, 7) is -0.0770. The number of rotatable bonds is 2. The smallest absolute Gasteiger partial charge is 0.0976 e. The van der Waals surface area contributed by atoms with Gasteiger partial charge >= 0.3 is 0 Å². The lowest BCUT2D eigenvalue weighted by molar-refractivity contribution is 0.158. The molecular weight excluding hydrogens is 138 g/mol. The molecular formula is C9H16NO. The fourth-order valence-electron chi connectivity index (χ4n) is 2.75. The highest BCUT2D eigenvalue weighted by atomic mass is 16.3. The lowest BCUT2D eigenvalue weighted by Gasteiger charge is -2.11. The van der Waals surface area contributed by atoms with Crippen LogP contribution in [0.2, 0.25) is 0 Å². The van der Waals surface area contributed by atoms with Crippen molar-refractivity contribution in [2.24, 2.45) is 17.1 Å². The Morgan fingerprint density at radius 2 is 2.09 bits per heavy atom. The molecule has 0 aromatic carbocycles. The number of nitrogens with two attached hydrogens (primary N) is 1. The Kier molecular flexibility index (Phi) is 1.69. The normalized spacial score (nSPS) is 36.0. The van der Waals surface area contributed by atoms with Crippen LogP contribution >= 0.6 is 0 Å². The number of hydrogen-bond donors (Lipinski definition) is 1. The van der Waals surface area contributed by atoms with Crippen molar-refractivity contribution in [1.29, 1.82) is 0 Å². The van der Waals surface area contributed by atoms with Gasteiger partial charge in [0.2, 0.25) is 0 Å². The fraction of sp³-hybridized carbons (Fsp3) is 1.00. The van der Waals surface area contributed by atoms with Crippen LogP contribution in [0.5, 0.6) is 0 Å². The van der Waals surface area contributed by atoms with E-state index in [-0.39, 0.29) is 12.6 Å². The molecule has 2 fully saturated rings. The molecule has 0 aromatic rings. The highest BCUT2D eigenvalue weighted by Gasteiger charge is 2.56. The van der Waals surface area contributed by atoms with Crippen molar-refractivity contribution in [3.63, 3.8) is 0 Å². The van der Waals surface area contributed by atoms with Crippen LogP contribution in [0.1, 0.15) is 32.1 Å². The second-order valence-corrected chi connectivity index (χ2v) is 4.21. The molecule has 1 spiro atoms. The van der Waals surface area contributed by atoms with E-state index in [9.17, 15) is 5.11 Å². The molecule has 0 saturated heterocycles. The zero-order valence-corrected chi connectivity index (χ0v) is 6.88. The molecule has 1 radical (unpaired) electrons. The molecule has 2 heteroatoms. The highest BCUT2D eigenvalue weighted by Crippen LogP contribution is 2.63. The summed E-state index contributed by atoms with van der Waals surface area (Å²) in [4.78, 5) is 0. The first-order valence-corrected chi connectivity index (χ1v) is 4.62. The molecule has 0 amide bonds. The summed E-state index contributed by atoms with van der Waals surface area (Å²) < 4.78 is 0. The van der Waals surface area contributed by atoms with Crippen LogP contribution in [0, 0.1) is 11.3 Å². The van der Waals surface area contributed by atoms with Gasteiger partial charge in [-0.15, -0.1) is 0 Å². The molecule has 2 N–H and O–H groups in total. The molecule has 0 heterocycles. The fourth-order valence-corrected chi connectivity index (χ4v) is 2.75. The van der Waals surface area contributed by atoms with Gasteiger partial charge in [0.1, 0.15) is 0 Å². The minimum absolute atomic E-state index is 0.0481. The molecule has 0 bridgehead atoms. The van der Waals surface area contributed by atoms with Crippen molar-refractivity contribution in [2.75, 3.05) is 6.61 Å². The predicted octanol–water partition coefficient (Wildman–Crippen LogP) is 1.32. The van der Waals surface area contributed by atoms with Gasteiger partial charge in [0.05, 0.1) is 6.61 Å². The first-order valence-electron chi connectivity index (χ1n) is 4.62. The Morgan fingerprint density at radius 1 is 1.45 bits per heavy atom. The zero-order valence-electron chi connectivity index (χ0n) is 6.88. The van der Waals surface area contributed by atoms with Gasteiger partial charge in [0.25, 0.3) is 0 Å². The minimum atomic E-state index is -0.0770. The zero-order chi connectivity index (χ0) is 7.90. The SMILES string of the molecule is NC(C[O])C1CC12CCCC2. The summed E-state index contributed by atoms with van der Waals surface area (Å²) in [5.41, 5.74) is 6.28. The Labute approximate surface area is 67.8 Å². The third-order valence-electron chi connectivity index (χ3n) is 3.56. The van der Waals surface area contributed by atoms with Gasteiger partial charge < -0.3 is 5.73 Å². The molecule has 2 rings (SSSR count). The van der Waals surface area contributed by atoms with E-state index >= 15 is 0 Å². The third kappa shape index (κ3) is 1.09. The summed E-state index contributed by atoms with van der Waals surface area (Å²) in [5, 5.41) is 10.5. The van der Waals surface area contributed by atoms with E-state index in [2.05, 4.69) is 0 Å². The molecule has 11 heavy (non-hydrogen) atoms. The Morgan fingerprint density at radius 3 is 2.64 bits per heavy atom. The van der Waals surface area contributed by atoms with Gasteiger partial charge in [-0.1, -0.05) is 12.8 Å². The summed E-state index contributed by atoms with van der Waals surface area (Å²) in [7, 11) is 0. The topological polar surface area (TPSA) is 45.9 Å². The summed E-state index contributed by atoms with van der Waals surface area (Å²) >= 11 is 0. The van der Waals surface area contributed by atoms with Crippen LogP contribution in [0.4, 0.5) is 0 Å². The standard InChI is InChI=1S/C9H16NO/c10-8(6-11)7-5-9(7)3-1-2-4-9/h7-8H,1-6,10H2. The van der Waals surface area contributed by atoms with Crippen molar-refractivity contribution in [3.8, 4) is 0 Å². The Hall–Kier alpha value is -0.0800. The first-order chi connectivity index (χ1) is 5.28. The largest absolute Gasteiger partial charge is 0.325 e. The van der Waals surface area contributed by atoms with Gasteiger partial charge in [-0.05, 0) is 30.6 Å². The van der Waals surface area contributed by atoms with E-state index in [0.29, 0.717) is 11.3 Å². The Balaban J connectivity index is 1.92. The van der Waals surface area contributed by atoms with Crippen LogP contribution in [-0.4, -0.2) is 12.6 Å². The van der Waals surface area contributed by atoms with Crippen molar-refractivity contribution in [3.05, 3.63) is 0 Å². The molecule has 63 valence electrons. The summed E-state index contributed by atoms with van der Waals surface area (Å²) in [6.07, 6.45) is 6.65. The predicted molar refractivity (Wildman–Crippen MR) is 42.5 cm³/mol. The average Bonchev–Trinajstić information content (AvgIpc) is 2.48. The molecule has 2 saturated carbocycles. The lowest BCUT2D eigenvalue weighted by atomic mass is 9.99. The Bertz CT molecular complexity index is 152. The minimum Gasteiger partial charge on any atom is -0.325 e. The summed E-state index contributed by atoms with van der Waals surface area (Å²) in [5.74, 6) is 0.586. The van der Waals surface area contributed by atoms with Gasteiger partial charge in [0, 0.05) is 6.04 Å². The average molecular weight is 154 g/mol. The van der Waals surface area contributed by atoms with E-state index in [1.807, 2.05) is 0 Å². The molecule has 2 unspecified atom stereocenters. The molecule has 2 nitrogen and oxygen atoms in total. The van der Waals surface area contributed by atoms with Gasteiger partial charge in [0.15, 0.2) is 0 Å². The third-order valence-corrected chi connectivity index (χ3v) is 3.56. The molecule has 2 aliphatic rings. The maximum Gasteiger partial charge on any atom is 0.0976 e. The molecule has 2 atom stereocenters. The van der Waals surface area contributed by atoms with Crippen molar-refractivity contribution >= 4 is 0 Å². The van der Waals surface area contributed by atoms with Crippen molar-refractivity contribution < 1.29 is 5.11 Å². The second-order valence-electron chi connectivity index (χ2n) is 4.21. The van der Waals surface area contributed by atoms with Crippen LogP contribution in [0.15, 0.2) is 0 Å². The van der Waals surface area contributed by atoms with Gasteiger partial charge in [-0.3, -0.25) is 0 Å². The molecule has 0 aliphatic heterocycles. The van der Waals surface area contributed by atoms with E-state index in [1.165, 1.54) is 32.1 Å². The van der Waals surface area contributed by atoms with Gasteiger partial charge in [-0.2, -0.15) is 0 Å². The second kappa shape index (κ2) is 2.46. The quantitative estimate of drug-likeness (QED) is 0.640. The lowest BCUT2D eigenvalue weighted by Crippen LogP contribution is -2.28. The van der Waals surface area contributed by atoms with Crippen LogP contribution < -0.4 is 5.73 Å².